The number of ether oxygens (including phenoxy) is 1. The summed E-state index contributed by atoms with van der Waals surface area (Å²) >= 11 is 1.14. The molecule has 1 unspecified atom stereocenters. The van der Waals surface area contributed by atoms with Crippen LogP contribution in [0.15, 0.2) is 42.5 Å². The maximum absolute atomic E-state index is 12.4. The van der Waals surface area contributed by atoms with E-state index in [1.807, 2.05) is 30.3 Å². The lowest BCUT2D eigenvalue weighted by Gasteiger charge is -2.22. The van der Waals surface area contributed by atoms with Crippen LogP contribution in [-0.4, -0.2) is 19.0 Å². The van der Waals surface area contributed by atoms with E-state index in [4.69, 9.17) is 0 Å². The van der Waals surface area contributed by atoms with Crippen molar-refractivity contribution in [2.45, 2.75) is 19.9 Å². The third-order valence-electron chi connectivity index (χ3n) is 3.33. The van der Waals surface area contributed by atoms with Crippen LogP contribution in [0.2, 0.25) is 0 Å². The van der Waals surface area contributed by atoms with E-state index in [2.05, 4.69) is 23.9 Å². The maximum atomic E-state index is 12.4. The summed E-state index contributed by atoms with van der Waals surface area (Å²) in [5, 5.41) is 3.04. The van der Waals surface area contributed by atoms with Crippen molar-refractivity contribution in [3.63, 3.8) is 0 Å². The number of carbonyl (C=O) groups excluding carboxylic acids is 2. The second-order valence-corrected chi connectivity index (χ2v) is 6.35. The van der Waals surface area contributed by atoms with Crippen molar-refractivity contribution >= 4 is 23.2 Å². The highest BCUT2D eigenvalue weighted by Gasteiger charge is 2.20. The zero-order chi connectivity index (χ0) is 16.1. The van der Waals surface area contributed by atoms with Crippen molar-refractivity contribution in [3.05, 3.63) is 57.8 Å². The van der Waals surface area contributed by atoms with E-state index in [1.165, 1.54) is 7.11 Å². The Morgan fingerprint density at radius 1 is 1.05 bits per heavy atom. The van der Waals surface area contributed by atoms with E-state index in [9.17, 15) is 9.59 Å². The van der Waals surface area contributed by atoms with Gasteiger partial charge in [0.1, 0.15) is 4.88 Å². The lowest BCUT2D eigenvalue weighted by atomic mass is 9.96. The molecule has 0 fully saturated rings. The topological polar surface area (TPSA) is 55.4 Å². The Morgan fingerprint density at radius 2 is 1.68 bits per heavy atom. The Labute approximate surface area is 134 Å². The van der Waals surface area contributed by atoms with Crippen LogP contribution in [-0.2, 0) is 4.74 Å². The fourth-order valence-corrected chi connectivity index (χ4v) is 3.01. The summed E-state index contributed by atoms with van der Waals surface area (Å²) in [6.45, 7) is 4.12. The second-order valence-electron chi connectivity index (χ2n) is 5.26. The Bertz CT molecular complexity index is 649. The number of thiophene rings is 1. The molecule has 5 heteroatoms. The average Bonchev–Trinajstić information content (AvgIpc) is 3.02. The van der Waals surface area contributed by atoms with Crippen LogP contribution in [0, 0.1) is 5.92 Å². The van der Waals surface area contributed by atoms with Crippen LogP contribution in [0.5, 0.6) is 0 Å². The van der Waals surface area contributed by atoms with Gasteiger partial charge in [0, 0.05) is 0 Å². The molecule has 1 heterocycles. The van der Waals surface area contributed by atoms with Gasteiger partial charge < -0.3 is 10.1 Å². The molecule has 0 aliphatic carbocycles. The molecule has 1 aromatic heterocycles. The monoisotopic (exact) mass is 317 g/mol. The van der Waals surface area contributed by atoms with Gasteiger partial charge in [0.15, 0.2) is 0 Å². The van der Waals surface area contributed by atoms with Crippen LogP contribution in [0.4, 0.5) is 0 Å². The van der Waals surface area contributed by atoms with Gasteiger partial charge in [-0.2, -0.15) is 0 Å². The molecule has 1 amide bonds. The molecule has 0 radical (unpaired) electrons. The van der Waals surface area contributed by atoms with Gasteiger partial charge >= 0.3 is 5.97 Å². The quantitative estimate of drug-likeness (QED) is 0.856. The first-order valence-electron chi connectivity index (χ1n) is 7.07. The molecule has 4 nitrogen and oxygen atoms in total. The van der Waals surface area contributed by atoms with E-state index >= 15 is 0 Å². The fraction of sp³-hybridized carbons (Fsp3) is 0.294. The highest BCUT2D eigenvalue weighted by molar-refractivity contribution is 7.15. The molecule has 0 bridgehead atoms. The molecule has 1 atom stereocenters. The third-order valence-corrected chi connectivity index (χ3v) is 4.39. The summed E-state index contributed by atoms with van der Waals surface area (Å²) in [5.74, 6) is -0.346. The zero-order valence-electron chi connectivity index (χ0n) is 12.8. The van der Waals surface area contributed by atoms with Gasteiger partial charge in [-0.1, -0.05) is 44.2 Å². The number of nitrogens with one attached hydrogen (secondary N) is 1. The predicted molar refractivity (Wildman–Crippen MR) is 87.1 cm³/mol. The molecule has 116 valence electrons. The van der Waals surface area contributed by atoms with Crippen molar-refractivity contribution in [2.75, 3.05) is 7.11 Å². The first-order chi connectivity index (χ1) is 10.5. The number of hydrogen-bond acceptors (Lipinski definition) is 4. The number of benzene rings is 1. The largest absolute Gasteiger partial charge is 0.465 e. The number of esters is 1. The molecule has 22 heavy (non-hydrogen) atoms. The van der Waals surface area contributed by atoms with Crippen molar-refractivity contribution in [3.8, 4) is 0 Å². The van der Waals surface area contributed by atoms with E-state index in [0.29, 0.717) is 9.75 Å². The minimum Gasteiger partial charge on any atom is -0.465 e. The lowest BCUT2D eigenvalue weighted by Crippen LogP contribution is -2.31. The van der Waals surface area contributed by atoms with Crippen molar-refractivity contribution < 1.29 is 14.3 Å². The Morgan fingerprint density at radius 3 is 2.27 bits per heavy atom. The summed E-state index contributed by atoms with van der Waals surface area (Å²) in [5.41, 5.74) is 1.07. The third kappa shape index (κ3) is 3.74. The number of methoxy groups -OCH3 is 1. The average molecular weight is 317 g/mol. The number of amides is 1. The van der Waals surface area contributed by atoms with Crippen molar-refractivity contribution in [2.24, 2.45) is 5.92 Å². The lowest BCUT2D eigenvalue weighted by molar-refractivity contribution is 0.0606. The Balaban J connectivity index is 2.15. The molecular weight excluding hydrogens is 298 g/mol. The zero-order valence-corrected chi connectivity index (χ0v) is 13.6. The van der Waals surface area contributed by atoms with Crippen LogP contribution in [0.1, 0.15) is 44.8 Å². The normalized spacial score (nSPS) is 12.0. The van der Waals surface area contributed by atoms with Gasteiger partial charge in [0.25, 0.3) is 5.91 Å². The summed E-state index contributed by atoms with van der Waals surface area (Å²) < 4.78 is 4.66. The second kappa shape index (κ2) is 7.22. The molecule has 0 aliphatic rings. The van der Waals surface area contributed by atoms with Crippen LogP contribution >= 0.6 is 11.3 Å². The van der Waals surface area contributed by atoms with Gasteiger partial charge in [-0.15, -0.1) is 11.3 Å². The van der Waals surface area contributed by atoms with E-state index < -0.39 is 5.97 Å². The van der Waals surface area contributed by atoms with Crippen molar-refractivity contribution in [1.29, 1.82) is 0 Å². The molecule has 2 rings (SSSR count). The minimum atomic E-state index is -0.424. The van der Waals surface area contributed by atoms with E-state index in [1.54, 1.807) is 12.1 Å². The molecule has 0 aliphatic heterocycles. The summed E-state index contributed by atoms with van der Waals surface area (Å²) in [6, 6.07) is 13.0. The highest BCUT2D eigenvalue weighted by atomic mass is 32.1. The highest BCUT2D eigenvalue weighted by Crippen LogP contribution is 2.23. The predicted octanol–water partition coefficient (Wildman–Crippen LogP) is 3.66. The summed E-state index contributed by atoms with van der Waals surface area (Å²) in [7, 11) is 1.33. The summed E-state index contributed by atoms with van der Waals surface area (Å²) in [4.78, 5) is 24.8. The van der Waals surface area contributed by atoms with E-state index in [-0.39, 0.29) is 17.9 Å². The van der Waals surface area contributed by atoms with Gasteiger partial charge in [-0.3, -0.25) is 4.79 Å². The first-order valence-corrected chi connectivity index (χ1v) is 7.88. The first kappa shape index (κ1) is 16.2. The van der Waals surface area contributed by atoms with Crippen molar-refractivity contribution in [1.82, 2.24) is 5.32 Å². The number of hydrogen-bond donors (Lipinski definition) is 1. The maximum Gasteiger partial charge on any atom is 0.348 e. The molecule has 1 aromatic carbocycles. The minimum absolute atomic E-state index is 0.0719. The van der Waals surface area contributed by atoms with Crippen LogP contribution < -0.4 is 5.32 Å². The van der Waals surface area contributed by atoms with E-state index in [0.717, 1.165) is 16.9 Å². The van der Waals surface area contributed by atoms with Crippen LogP contribution in [0.25, 0.3) is 0 Å². The fourth-order valence-electron chi connectivity index (χ4n) is 2.18. The Kier molecular flexibility index (Phi) is 5.33. The summed E-state index contributed by atoms with van der Waals surface area (Å²) in [6.07, 6.45) is 0. The van der Waals surface area contributed by atoms with Gasteiger partial charge in [0.05, 0.1) is 18.0 Å². The number of rotatable bonds is 5. The van der Waals surface area contributed by atoms with Gasteiger partial charge in [-0.05, 0) is 23.6 Å². The molecule has 0 saturated heterocycles. The molecule has 1 N–H and O–H groups in total. The standard InChI is InChI=1S/C17H19NO3S/c1-11(2)15(12-7-5-4-6-8-12)18-16(19)13-9-10-14(22-13)17(20)21-3/h4-11,15H,1-3H3,(H,18,19). The van der Waals surface area contributed by atoms with Gasteiger partial charge in [0.2, 0.25) is 0 Å². The number of carbonyl (C=O) groups is 2. The van der Waals surface area contributed by atoms with Gasteiger partial charge in [-0.25, -0.2) is 4.79 Å². The molecule has 0 saturated carbocycles. The smallest absolute Gasteiger partial charge is 0.348 e. The molecule has 0 spiro atoms. The SMILES string of the molecule is COC(=O)c1ccc(C(=O)NC(c2ccccc2)C(C)C)s1. The molecule has 2 aromatic rings. The van der Waals surface area contributed by atoms with Crippen LogP contribution in [0.3, 0.4) is 0 Å². The Hall–Kier alpha value is -2.14. The molecular formula is C17H19NO3S.